The number of ether oxygens (including phenoxy) is 2. The highest BCUT2D eigenvalue weighted by atomic mass is 16.5. The van der Waals surface area contributed by atoms with Crippen molar-refractivity contribution < 1.29 is 23.9 Å². The number of anilines is 1. The third kappa shape index (κ3) is 7.43. The lowest BCUT2D eigenvalue weighted by atomic mass is 9.78. The fraction of sp³-hybridized carbons (Fsp3) is 0.286. The molecule has 1 atom stereocenters. The second-order valence-electron chi connectivity index (χ2n) is 13.7. The van der Waals surface area contributed by atoms with Crippen LogP contribution in [0, 0.1) is 0 Å². The Morgan fingerprint density at radius 1 is 0.922 bits per heavy atom. The molecule has 1 saturated carbocycles. The van der Waals surface area contributed by atoms with Gasteiger partial charge < -0.3 is 29.5 Å². The highest BCUT2D eigenvalue weighted by molar-refractivity contribution is 5.92. The van der Waals surface area contributed by atoms with E-state index in [0.717, 1.165) is 46.9 Å². The smallest absolute Gasteiger partial charge is 0.242 e. The van der Waals surface area contributed by atoms with Crippen LogP contribution in [0.5, 0.6) is 17.2 Å². The molecule has 1 aliphatic rings. The van der Waals surface area contributed by atoms with Crippen LogP contribution in [0.4, 0.5) is 5.69 Å². The predicted octanol–water partition coefficient (Wildman–Crippen LogP) is 6.47. The molecule has 9 heteroatoms. The first-order valence-electron chi connectivity index (χ1n) is 17.2. The Morgan fingerprint density at radius 3 is 2.14 bits per heavy atom. The van der Waals surface area contributed by atoms with Gasteiger partial charge in [0.05, 0.1) is 6.20 Å². The van der Waals surface area contributed by atoms with Crippen LogP contribution in [0.3, 0.4) is 0 Å². The lowest BCUT2D eigenvalue weighted by Crippen LogP contribution is -2.42. The predicted molar refractivity (Wildman–Crippen MR) is 201 cm³/mol. The highest BCUT2D eigenvalue weighted by Crippen LogP contribution is 2.35. The van der Waals surface area contributed by atoms with Gasteiger partial charge in [0.1, 0.15) is 41.4 Å². The van der Waals surface area contributed by atoms with Crippen LogP contribution >= 0.6 is 0 Å². The van der Waals surface area contributed by atoms with E-state index >= 15 is 0 Å². The van der Waals surface area contributed by atoms with Gasteiger partial charge in [-0.2, -0.15) is 0 Å². The Morgan fingerprint density at radius 2 is 1.55 bits per heavy atom. The van der Waals surface area contributed by atoms with E-state index in [0.29, 0.717) is 34.3 Å². The zero-order chi connectivity index (χ0) is 36.3. The van der Waals surface area contributed by atoms with Crippen molar-refractivity contribution in [1.29, 1.82) is 0 Å². The minimum atomic E-state index is -0.552. The maximum Gasteiger partial charge on any atom is 0.242 e. The van der Waals surface area contributed by atoms with Gasteiger partial charge in [0.2, 0.25) is 5.91 Å². The number of hydrogen-bond acceptors (Lipinski definition) is 7. The van der Waals surface area contributed by atoms with Crippen molar-refractivity contribution in [2.24, 2.45) is 0 Å². The lowest BCUT2D eigenvalue weighted by molar-refractivity contribution is -0.124. The normalized spacial score (nSPS) is 16.2. The third-order valence-electron chi connectivity index (χ3n) is 9.89. The zero-order valence-electron chi connectivity index (χ0n) is 29.6. The minimum Gasteiger partial charge on any atom is -0.490 e. The Labute approximate surface area is 298 Å². The van der Waals surface area contributed by atoms with E-state index in [2.05, 4.69) is 73.0 Å². The molecule has 1 amide bonds. The first kappa shape index (κ1) is 35.1. The monoisotopic (exact) mass is 684 g/mol. The van der Waals surface area contributed by atoms with Gasteiger partial charge in [-0.05, 0) is 66.1 Å². The van der Waals surface area contributed by atoms with Crippen LogP contribution in [-0.4, -0.2) is 46.7 Å². The summed E-state index contributed by atoms with van der Waals surface area (Å²) in [5, 5.41) is 9.61. The largest absolute Gasteiger partial charge is 0.490 e. The van der Waals surface area contributed by atoms with Crippen LogP contribution in [0.2, 0.25) is 0 Å². The maximum atomic E-state index is 12.7. The number of amides is 1. The summed E-state index contributed by atoms with van der Waals surface area (Å²) in [6.07, 6.45) is 4.92. The average molecular weight is 685 g/mol. The lowest BCUT2D eigenvalue weighted by Gasteiger charge is -2.36. The summed E-state index contributed by atoms with van der Waals surface area (Å²) in [6.45, 7) is 14.4. The molecule has 1 aliphatic carbocycles. The van der Waals surface area contributed by atoms with Crippen molar-refractivity contribution in [1.82, 2.24) is 14.9 Å². The van der Waals surface area contributed by atoms with Crippen molar-refractivity contribution in [3.8, 4) is 17.2 Å². The number of carbonyl (C=O) groups excluding carboxylic acids is 3. The van der Waals surface area contributed by atoms with Crippen LogP contribution in [-0.2, 0) is 15.0 Å². The number of ketones is 1. The maximum absolute atomic E-state index is 12.7. The number of benzene rings is 3. The molecule has 262 valence electrons. The average Bonchev–Trinajstić information content (AvgIpc) is 3.36. The molecule has 0 saturated heterocycles. The summed E-state index contributed by atoms with van der Waals surface area (Å²) in [4.78, 5) is 39.4. The van der Waals surface area contributed by atoms with E-state index in [1.807, 2.05) is 41.0 Å². The molecule has 0 spiro atoms. The molecule has 0 aliphatic heterocycles. The Kier molecular flexibility index (Phi) is 10.1. The standard InChI is InChI=1S/C42H44N4O5/c1-26-37-19-13-31(24-38(37)27(2)46(26)40(8-7-21-47)41(49)43-6)45-32-22-36(23-32)51-34-16-11-30(12-17-34)42(4,5)29-9-14-33(15-10-29)50-35-18-20-39(28(3)48)44-25-35/h9-21,24-25,32,36,40,45H,1-2,7-8,22-23H2,3-6H3,(H,43,49). The van der Waals surface area contributed by atoms with Gasteiger partial charge in [0.25, 0.3) is 0 Å². The van der Waals surface area contributed by atoms with Gasteiger partial charge in [-0.15, -0.1) is 0 Å². The van der Waals surface area contributed by atoms with Crippen molar-refractivity contribution in [3.63, 3.8) is 0 Å². The van der Waals surface area contributed by atoms with Crippen LogP contribution < -0.4 is 30.8 Å². The molecule has 0 bridgehead atoms. The molecule has 51 heavy (non-hydrogen) atoms. The third-order valence-corrected chi connectivity index (χ3v) is 9.89. The molecule has 1 unspecified atom stereocenters. The Hall–Kier alpha value is -5.70. The number of nitrogens with one attached hydrogen (secondary N) is 2. The number of carbonyl (C=O) groups is 3. The first-order chi connectivity index (χ1) is 24.5. The molecule has 3 aromatic carbocycles. The van der Waals surface area contributed by atoms with Gasteiger partial charge in [-0.3, -0.25) is 9.59 Å². The van der Waals surface area contributed by atoms with Crippen molar-refractivity contribution >= 4 is 47.6 Å². The number of hydrogen-bond donors (Lipinski definition) is 2. The fourth-order valence-electron chi connectivity index (χ4n) is 6.74. The van der Waals surface area contributed by atoms with Crippen molar-refractivity contribution in [2.75, 3.05) is 12.4 Å². The minimum absolute atomic E-state index is 0.0814. The number of aromatic nitrogens is 2. The van der Waals surface area contributed by atoms with E-state index in [-0.39, 0.29) is 35.7 Å². The van der Waals surface area contributed by atoms with Gasteiger partial charge in [-0.1, -0.05) is 57.3 Å². The summed E-state index contributed by atoms with van der Waals surface area (Å²) in [7, 11) is 1.59. The Balaban J connectivity index is 1.04. The summed E-state index contributed by atoms with van der Waals surface area (Å²) in [5.74, 6) is 1.86. The second kappa shape index (κ2) is 14.6. The van der Waals surface area contributed by atoms with Gasteiger partial charge in [0.15, 0.2) is 5.78 Å². The van der Waals surface area contributed by atoms with Crippen LogP contribution in [0.25, 0.3) is 23.9 Å². The number of fused-ring (bicyclic) bond motifs is 1. The van der Waals surface area contributed by atoms with E-state index < -0.39 is 6.04 Å². The number of likely N-dealkylation sites (N-methyl/N-ethyl adjacent to an activating group) is 1. The molecule has 9 nitrogen and oxygen atoms in total. The number of Topliss-reactive ketones (excluding diaryl/α,β-unsaturated/α-hetero) is 1. The van der Waals surface area contributed by atoms with Crippen LogP contribution in [0.15, 0.2) is 85.1 Å². The van der Waals surface area contributed by atoms with Gasteiger partial charge in [-0.25, -0.2) is 4.98 Å². The number of pyridine rings is 1. The summed E-state index contributed by atoms with van der Waals surface area (Å²) in [6, 6.07) is 25.6. The van der Waals surface area contributed by atoms with E-state index in [1.165, 1.54) is 12.5 Å². The molecule has 1 fully saturated rings. The van der Waals surface area contributed by atoms with E-state index in [1.54, 1.807) is 25.4 Å². The summed E-state index contributed by atoms with van der Waals surface area (Å²) >= 11 is 0. The summed E-state index contributed by atoms with van der Waals surface area (Å²) in [5.41, 5.74) is 3.47. The number of nitrogens with zero attached hydrogens (tertiary/aromatic N) is 2. The fourth-order valence-corrected chi connectivity index (χ4v) is 6.74. The molecule has 0 radical (unpaired) electrons. The number of aldehydes is 1. The molecule has 2 heterocycles. The molecule has 5 aromatic rings. The Bertz CT molecular complexity index is 2150. The van der Waals surface area contributed by atoms with Crippen molar-refractivity contribution in [3.05, 3.63) is 113 Å². The first-order valence-corrected chi connectivity index (χ1v) is 17.2. The van der Waals surface area contributed by atoms with Gasteiger partial charge >= 0.3 is 0 Å². The zero-order valence-corrected chi connectivity index (χ0v) is 29.6. The van der Waals surface area contributed by atoms with Crippen molar-refractivity contribution in [2.45, 2.75) is 70.1 Å². The van der Waals surface area contributed by atoms with E-state index in [4.69, 9.17) is 9.47 Å². The number of rotatable bonds is 14. The molecular formula is C42H44N4O5. The molecular weight excluding hydrogens is 640 g/mol. The van der Waals surface area contributed by atoms with E-state index in [9.17, 15) is 14.4 Å². The second-order valence-corrected chi connectivity index (χ2v) is 13.7. The summed E-state index contributed by atoms with van der Waals surface area (Å²) < 4.78 is 14.1. The molecule has 2 N–H and O–H groups in total. The molecule has 6 rings (SSSR count). The van der Waals surface area contributed by atoms with Crippen LogP contribution in [0.1, 0.15) is 74.1 Å². The SMILES string of the molecule is C=c1c2ccc(NC3CC(Oc4ccc(C(C)(C)c5ccc(Oc6ccc(C(C)=O)nc6)cc5)cc4)C3)cc2c(=C)n1C(CCC=O)C(=O)NC. The molecule has 2 aromatic heterocycles. The van der Waals surface area contributed by atoms with Gasteiger partial charge in [0, 0.05) is 71.8 Å². The topological polar surface area (TPSA) is 112 Å². The quantitative estimate of drug-likeness (QED) is 0.102. The highest BCUT2D eigenvalue weighted by Gasteiger charge is 2.31.